The molecule has 18 heavy (non-hydrogen) atoms. The summed E-state index contributed by atoms with van der Waals surface area (Å²) in [6.45, 7) is 6.80. The zero-order chi connectivity index (χ0) is 14.0. The molecule has 1 amide bonds. The molecule has 0 bridgehead atoms. The van der Waals surface area contributed by atoms with Gasteiger partial charge in [0.2, 0.25) is 5.91 Å². The van der Waals surface area contributed by atoms with Crippen molar-refractivity contribution in [2.45, 2.75) is 39.2 Å². The van der Waals surface area contributed by atoms with Gasteiger partial charge in [-0.05, 0) is 20.8 Å². The van der Waals surface area contributed by atoms with Gasteiger partial charge in [-0.15, -0.1) is 0 Å². The molecular formula is C12H23NO5. The predicted octanol–water partition coefficient (Wildman–Crippen LogP) is 0.627. The molecule has 0 spiro atoms. The fraction of sp³-hybridized carbons (Fsp3) is 0.833. The van der Waals surface area contributed by atoms with Crippen molar-refractivity contribution in [3.8, 4) is 0 Å². The maximum Gasteiger partial charge on any atom is 0.308 e. The average Bonchev–Trinajstić information content (AvgIpc) is 2.18. The third-order valence-electron chi connectivity index (χ3n) is 1.74. The minimum absolute atomic E-state index is 0.206. The molecule has 0 atom stereocenters. The van der Waals surface area contributed by atoms with Gasteiger partial charge in [0.1, 0.15) is 5.60 Å². The maximum absolute atomic E-state index is 11.3. The van der Waals surface area contributed by atoms with Crippen molar-refractivity contribution in [1.29, 1.82) is 0 Å². The van der Waals surface area contributed by atoms with E-state index in [1.165, 1.54) is 0 Å². The zero-order valence-corrected chi connectivity index (χ0v) is 11.4. The van der Waals surface area contributed by atoms with E-state index in [1.54, 1.807) is 0 Å². The van der Waals surface area contributed by atoms with Gasteiger partial charge in [-0.3, -0.25) is 9.59 Å². The summed E-state index contributed by atoms with van der Waals surface area (Å²) in [5.41, 5.74) is 4.47. The quantitative estimate of drug-likeness (QED) is 0.486. The largest absolute Gasteiger partial charge is 0.460 e. The molecule has 0 aliphatic heterocycles. The number of primary amides is 1. The Morgan fingerprint density at radius 3 is 1.89 bits per heavy atom. The van der Waals surface area contributed by atoms with Crippen LogP contribution in [0.15, 0.2) is 0 Å². The molecular weight excluding hydrogens is 238 g/mol. The van der Waals surface area contributed by atoms with Crippen molar-refractivity contribution in [3.63, 3.8) is 0 Å². The second-order valence-electron chi connectivity index (χ2n) is 4.78. The van der Waals surface area contributed by atoms with Crippen LogP contribution >= 0.6 is 0 Å². The second kappa shape index (κ2) is 8.88. The lowest BCUT2D eigenvalue weighted by atomic mass is 10.2. The summed E-state index contributed by atoms with van der Waals surface area (Å²) in [4.78, 5) is 21.7. The van der Waals surface area contributed by atoms with Gasteiger partial charge in [0.15, 0.2) is 0 Å². The van der Waals surface area contributed by atoms with E-state index in [9.17, 15) is 9.59 Å². The Labute approximate surface area is 108 Å². The van der Waals surface area contributed by atoms with E-state index in [4.69, 9.17) is 19.9 Å². The molecule has 6 nitrogen and oxygen atoms in total. The van der Waals surface area contributed by atoms with Crippen LogP contribution in [0.5, 0.6) is 0 Å². The molecule has 0 aliphatic carbocycles. The van der Waals surface area contributed by atoms with Crippen LogP contribution in [0.3, 0.4) is 0 Å². The first-order chi connectivity index (χ1) is 8.31. The van der Waals surface area contributed by atoms with E-state index in [-0.39, 0.29) is 24.7 Å². The molecule has 0 saturated carbocycles. The first-order valence-corrected chi connectivity index (χ1v) is 5.97. The monoisotopic (exact) mass is 261 g/mol. The van der Waals surface area contributed by atoms with E-state index >= 15 is 0 Å². The number of hydrogen-bond donors (Lipinski definition) is 1. The molecule has 0 aromatic heterocycles. The van der Waals surface area contributed by atoms with Crippen molar-refractivity contribution in [2.75, 3.05) is 26.4 Å². The van der Waals surface area contributed by atoms with Gasteiger partial charge in [-0.25, -0.2) is 0 Å². The highest BCUT2D eigenvalue weighted by atomic mass is 16.6. The number of ether oxygens (including phenoxy) is 3. The van der Waals surface area contributed by atoms with E-state index in [0.717, 1.165) is 0 Å². The smallest absolute Gasteiger partial charge is 0.308 e. The van der Waals surface area contributed by atoms with Crippen LogP contribution in [-0.4, -0.2) is 43.9 Å². The minimum Gasteiger partial charge on any atom is -0.460 e. The van der Waals surface area contributed by atoms with Crippen LogP contribution in [0.2, 0.25) is 0 Å². The van der Waals surface area contributed by atoms with Crippen LogP contribution in [-0.2, 0) is 23.8 Å². The van der Waals surface area contributed by atoms with E-state index < -0.39 is 5.60 Å². The Hall–Kier alpha value is -1.14. The number of carbonyl (C=O) groups is 2. The molecule has 106 valence electrons. The van der Waals surface area contributed by atoms with Crippen LogP contribution in [0.4, 0.5) is 0 Å². The van der Waals surface area contributed by atoms with Gasteiger partial charge in [0.05, 0.1) is 32.8 Å². The highest BCUT2D eigenvalue weighted by molar-refractivity contribution is 5.73. The summed E-state index contributed by atoms with van der Waals surface area (Å²) in [5.74, 6) is -0.669. The van der Waals surface area contributed by atoms with Gasteiger partial charge >= 0.3 is 5.97 Å². The van der Waals surface area contributed by atoms with Gasteiger partial charge < -0.3 is 19.9 Å². The Morgan fingerprint density at radius 1 is 0.944 bits per heavy atom. The molecule has 2 N–H and O–H groups in total. The SMILES string of the molecule is CC(C)(C)OC(=O)CCOCCOCCC(N)=O. The fourth-order valence-corrected chi connectivity index (χ4v) is 1.04. The van der Waals surface area contributed by atoms with Crippen LogP contribution in [0.25, 0.3) is 0 Å². The summed E-state index contributed by atoms with van der Waals surface area (Å²) < 4.78 is 15.4. The van der Waals surface area contributed by atoms with Gasteiger partial charge in [-0.1, -0.05) is 0 Å². The second-order valence-corrected chi connectivity index (χ2v) is 4.78. The first kappa shape index (κ1) is 16.9. The molecule has 0 rings (SSSR count). The molecule has 0 heterocycles. The van der Waals surface area contributed by atoms with Crippen molar-refractivity contribution in [2.24, 2.45) is 5.73 Å². The van der Waals surface area contributed by atoms with E-state index in [0.29, 0.717) is 26.4 Å². The number of amides is 1. The topological polar surface area (TPSA) is 87.8 Å². The number of carbonyl (C=O) groups excluding carboxylic acids is 2. The standard InChI is InChI=1S/C12H23NO5/c1-12(2,3)18-11(15)5-7-17-9-8-16-6-4-10(13)14/h4-9H2,1-3H3,(H2,13,14). The molecule has 6 heteroatoms. The van der Waals surface area contributed by atoms with Crippen molar-refractivity contribution in [3.05, 3.63) is 0 Å². The average molecular weight is 261 g/mol. The van der Waals surface area contributed by atoms with Crippen molar-refractivity contribution in [1.82, 2.24) is 0 Å². The molecule has 0 fully saturated rings. The van der Waals surface area contributed by atoms with Crippen molar-refractivity contribution < 1.29 is 23.8 Å². The highest BCUT2D eigenvalue weighted by Crippen LogP contribution is 2.07. The third kappa shape index (κ3) is 12.9. The Kier molecular flexibility index (Phi) is 8.32. The Morgan fingerprint density at radius 2 is 1.44 bits per heavy atom. The van der Waals surface area contributed by atoms with E-state index in [1.807, 2.05) is 20.8 Å². The first-order valence-electron chi connectivity index (χ1n) is 5.97. The molecule has 0 unspecified atom stereocenters. The van der Waals surface area contributed by atoms with Crippen LogP contribution in [0.1, 0.15) is 33.6 Å². The lowest BCUT2D eigenvalue weighted by Gasteiger charge is -2.19. The molecule has 0 aromatic rings. The number of hydrogen-bond acceptors (Lipinski definition) is 5. The van der Waals surface area contributed by atoms with Crippen molar-refractivity contribution >= 4 is 11.9 Å². The normalized spacial score (nSPS) is 11.3. The predicted molar refractivity (Wildman–Crippen MR) is 65.9 cm³/mol. The lowest BCUT2D eigenvalue weighted by Crippen LogP contribution is -2.24. The van der Waals surface area contributed by atoms with Gasteiger partial charge in [0.25, 0.3) is 0 Å². The summed E-state index contributed by atoms with van der Waals surface area (Å²) in [6.07, 6.45) is 0.427. The summed E-state index contributed by atoms with van der Waals surface area (Å²) in [7, 11) is 0. The maximum atomic E-state index is 11.3. The third-order valence-corrected chi connectivity index (χ3v) is 1.74. The minimum atomic E-state index is -0.463. The Bertz CT molecular complexity index is 260. The summed E-state index contributed by atoms with van der Waals surface area (Å²) in [6, 6.07) is 0. The molecule has 0 saturated heterocycles. The number of nitrogens with two attached hydrogens (primary N) is 1. The van der Waals surface area contributed by atoms with Gasteiger partial charge in [0, 0.05) is 6.42 Å². The molecule has 0 radical (unpaired) electrons. The molecule has 0 aliphatic rings. The highest BCUT2D eigenvalue weighted by Gasteiger charge is 2.15. The van der Waals surface area contributed by atoms with Gasteiger partial charge in [-0.2, -0.15) is 0 Å². The van der Waals surface area contributed by atoms with Crippen LogP contribution in [0, 0.1) is 0 Å². The lowest BCUT2D eigenvalue weighted by molar-refractivity contribution is -0.156. The number of esters is 1. The van der Waals surface area contributed by atoms with Crippen LogP contribution < -0.4 is 5.73 Å². The summed E-state index contributed by atoms with van der Waals surface area (Å²) in [5, 5.41) is 0. The summed E-state index contributed by atoms with van der Waals surface area (Å²) >= 11 is 0. The molecule has 0 aromatic carbocycles. The van der Waals surface area contributed by atoms with E-state index in [2.05, 4.69) is 0 Å². The fourth-order valence-electron chi connectivity index (χ4n) is 1.04. The zero-order valence-electron chi connectivity index (χ0n) is 11.4. The number of rotatable bonds is 9. The Balaban J connectivity index is 3.30.